The van der Waals surface area contributed by atoms with E-state index in [0.29, 0.717) is 35.0 Å². The number of hydrogen-bond acceptors (Lipinski definition) is 9. The van der Waals surface area contributed by atoms with Gasteiger partial charge in [-0.05, 0) is 86.6 Å². The van der Waals surface area contributed by atoms with Crippen LogP contribution in [0.4, 0.5) is 11.9 Å². The number of carbonyl (C=O) groups is 2. The Kier molecular flexibility index (Phi) is 14.4. The molecule has 13 heteroatoms. The number of amides is 2. The number of nitrogens with zero attached hydrogens (tertiary/aromatic N) is 7. The third kappa shape index (κ3) is 11.3. The summed E-state index contributed by atoms with van der Waals surface area (Å²) in [6.45, 7) is 8.12. The van der Waals surface area contributed by atoms with Gasteiger partial charge in [0.05, 0.1) is 0 Å². The molecule has 0 bridgehead atoms. The molecule has 1 aromatic carbocycles. The number of benzene rings is 1. The van der Waals surface area contributed by atoms with Crippen molar-refractivity contribution in [1.82, 2.24) is 45.3 Å². The predicted octanol–water partition coefficient (Wildman–Crippen LogP) is 8.25. The monoisotopic (exact) mass is 683 g/mol. The molecule has 1 aliphatic carbocycles. The lowest BCUT2D eigenvalue weighted by molar-refractivity contribution is -0.116. The first-order chi connectivity index (χ1) is 24.5. The van der Waals surface area contributed by atoms with Gasteiger partial charge in [0, 0.05) is 43.9 Å². The molecular formula is C37H53N11O2. The summed E-state index contributed by atoms with van der Waals surface area (Å²) < 4.78 is 0. The van der Waals surface area contributed by atoms with E-state index in [2.05, 4.69) is 81.1 Å². The Labute approximate surface area is 299 Å². The highest BCUT2D eigenvalue weighted by Gasteiger charge is 2.11. The van der Waals surface area contributed by atoms with Gasteiger partial charge >= 0.3 is 0 Å². The fourth-order valence-electron chi connectivity index (χ4n) is 4.82. The third-order valence-electron chi connectivity index (χ3n) is 7.19. The normalized spacial score (nSPS) is 11.2. The van der Waals surface area contributed by atoms with E-state index in [4.69, 9.17) is 0 Å². The van der Waals surface area contributed by atoms with Gasteiger partial charge in [0.15, 0.2) is 11.6 Å². The van der Waals surface area contributed by atoms with Gasteiger partial charge in [0.25, 0.3) is 5.91 Å². The fourth-order valence-corrected chi connectivity index (χ4v) is 4.82. The van der Waals surface area contributed by atoms with Crippen LogP contribution in [-0.2, 0) is 17.6 Å². The van der Waals surface area contributed by atoms with Crippen LogP contribution in [0, 0.1) is 6.92 Å². The minimum absolute atomic E-state index is 0. The molecular weight excluding hydrogens is 630 g/mol. The molecule has 4 N–H and O–H groups in total. The molecule has 6 aromatic rings. The number of rotatable bonds is 7. The van der Waals surface area contributed by atoms with E-state index < -0.39 is 0 Å². The summed E-state index contributed by atoms with van der Waals surface area (Å²) in [7, 11) is 0. The van der Waals surface area contributed by atoms with E-state index in [1.807, 2.05) is 51.1 Å². The number of pyridine rings is 3. The lowest BCUT2D eigenvalue weighted by Gasteiger charge is -2.15. The first-order valence-corrected chi connectivity index (χ1v) is 16.8. The summed E-state index contributed by atoms with van der Waals surface area (Å²) in [5, 5.41) is 18.5. The highest BCUT2D eigenvalue weighted by atomic mass is 16.2. The zero-order valence-corrected chi connectivity index (χ0v) is 28.8. The Hall–Kier alpha value is -6.11. The summed E-state index contributed by atoms with van der Waals surface area (Å²) in [4.78, 5) is 43.7. The van der Waals surface area contributed by atoms with Crippen molar-refractivity contribution in [2.45, 2.75) is 66.2 Å². The molecule has 0 atom stereocenters. The minimum atomic E-state index is -0.293. The third-order valence-corrected chi connectivity index (χ3v) is 7.19. The molecule has 13 nitrogen and oxygen atoms in total. The second-order valence-electron chi connectivity index (χ2n) is 10.9. The number of fused-ring (bicyclic) bond motifs is 1. The van der Waals surface area contributed by atoms with E-state index in [1.165, 1.54) is 31.2 Å². The van der Waals surface area contributed by atoms with Crippen LogP contribution in [0.3, 0.4) is 0 Å². The van der Waals surface area contributed by atoms with Gasteiger partial charge in [-0.2, -0.15) is 9.97 Å². The maximum Gasteiger partial charge on any atom is 0.258 e. The van der Waals surface area contributed by atoms with Crippen molar-refractivity contribution in [3.63, 3.8) is 0 Å². The Balaban J connectivity index is 0. The molecule has 50 heavy (non-hydrogen) atoms. The Morgan fingerprint density at radius 2 is 1.32 bits per heavy atom. The number of nitrogens with one attached hydrogen (secondary N) is 4. The summed E-state index contributed by atoms with van der Waals surface area (Å²) >= 11 is 0. The van der Waals surface area contributed by atoms with Crippen molar-refractivity contribution < 1.29 is 16.7 Å². The van der Waals surface area contributed by atoms with Crippen LogP contribution >= 0.6 is 0 Å². The van der Waals surface area contributed by atoms with Gasteiger partial charge in [-0.3, -0.25) is 45.4 Å². The van der Waals surface area contributed by atoms with Gasteiger partial charge in [-0.25, -0.2) is 0 Å². The zero-order valence-electron chi connectivity index (χ0n) is 28.8. The molecule has 1 aliphatic rings. The second-order valence-corrected chi connectivity index (χ2v) is 10.9. The Bertz CT molecular complexity index is 1920. The van der Waals surface area contributed by atoms with Crippen LogP contribution in [0.25, 0.3) is 23.0 Å². The Morgan fingerprint density at radius 3 is 1.88 bits per heavy atom. The topological polar surface area (TPSA) is 180 Å². The van der Waals surface area contributed by atoms with Crippen LogP contribution in [-0.4, -0.2) is 57.1 Å². The van der Waals surface area contributed by atoms with Gasteiger partial charge in [0.1, 0.15) is 11.4 Å². The first kappa shape index (κ1) is 36.7. The summed E-state index contributed by atoms with van der Waals surface area (Å²) in [6, 6.07) is 21.1. The molecule has 268 valence electrons. The van der Waals surface area contributed by atoms with Crippen molar-refractivity contribution in [3.8, 4) is 23.0 Å². The van der Waals surface area contributed by atoms with Gasteiger partial charge < -0.3 is 0 Å². The zero-order chi connectivity index (χ0) is 35.6. The van der Waals surface area contributed by atoms with Crippen molar-refractivity contribution in [3.05, 3.63) is 114 Å². The van der Waals surface area contributed by atoms with Crippen molar-refractivity contribution in [2.24, 2.45) is 0 Å². The SMILES string of the molecule is CC.CCCC(=O)Nc1n[nH]c(-c2ccccn2)n1.Cc1ccc2c(c1)CCCC2.O=C(Nc1n[nH]c(-c2ccccn2)n1)c1ccncc1.[HH].[HH].[HH].[HH].[HH]. The van der Waals surface area contributed by atoms with Crippen molar-refractivity contribution in [2.75, 3.05) is 10.6 Å². The number of aryl methyl sites for hydroxylation is 3. The average molecular weight is 684 g/mol. The highest BCUT2D eigenvalue weighted by Crippen LogP contribution is 2.21. The van der Waals surface area contributed by atoms with Crippen molar-refractivity contribution in [1.29, 1.82) is 0 Å². The largest absolute Gasteiger partial charge is 0.293 e. The molecule has 5 heterocycles. The number of carbonyl (C=O) groups excluding carboxylic acids is 2. The molecule has 0 saturated heterocycles. The maximum absolute atomic E-state index is 11.9. The average Bonchev–Trinajstić information content (AvgIpc) is 3.84. The standard InChI is InChI=1S/C13H10N6O.C11H13N5O.C11H14.C2H6.5H2/c20-12(9-4-7-14-8-5-9)17-13-16-11(18-19-13)10-3-1-2-6-15-10;1-2-5-9(17)13-11-14-10(15-16-11)8-6-3-4-7-12-8;1-9-6-7-10-4-2-3-5-11(10)8-9;1-2;;;;;/h1-8H,(H2,16,17,18,19,20);3-4,6-7H,2,5H2,1H3,(H2,13,14,15,16,17);6-8H,2-5H2,1H3;1-2H3;5*1H. The predicted molar refractivity (Wildman–Crippen MR) is 205 cm³/mol. The van der Waals surface area contributed by atoms with E-state index in [0.717, 1.165) is 6.42 Å². The summed E-state index contributed by atoms with van der Waals surface area (Å²) in [5.74, 6) is 1.14. The lowest BCUT2D eigenvalue weighted by atomic mass is 9.91. The lowest BCUT2D eigenvalue weighted by Crippen LogP contribution is -2.12. The minimum Gasteiger partial charge on any atom is -0.293 e. The Morgan fingerprint density at radius 1 is 0.740 bits per heavy atom. The smallest absolute Gasteiger partial charge is 0.258 e. The molecule has 0 unspecified atom stereocenters. The van der Waals surface area contributed by atoms with Gasteiger partial charge in [-0.1, -0.05) is 56.7 Å². The first-order valence-electron chi connectivity index (χ1n) is 16.8. The number of aromatic amines is 2. The fraction of sp³-hybridized carbons (Fsp3) is 0.270. The van der Waals surface area contributed by atoms with Gasteiger partial charge in [0.2, 0.25) is 17.8 Å². The van der Waals surface area contributed by atoms with E-state index in [-0.39, 0.29) is 30.8 Å². The molecule has 7 rings (SSSR count). The number of hydrogen-bond donors (Lipinski definition) is 4. The van der Waals surface area contributed by atoms with E-state index in [9.17, 15) is 9.59 Å². The van der Waals surface area contributed by atoms with E-state index in [1.54, 1.807) is 54.1 Å². The number of H-pyrrole nitrogens is 2. The van der Waals surface area contributed by atoms with Crippen LogP contribution in [0.5, 0.6) is 0 Å². The molecule has 0 aliphatic heterocycles. The molecule has 0 radical (unpaired) electrons. The van der Waals surface area contributed by atoms with Crippen LogP contribution in [0.15, 0.2) is 91.5 Å². The maximum atomic E-state index is 11.9. The second kappa shape index (κ2) is 19.6. The highest BCUT2D eigenvalue weighted by molar-refractivity contribution is 6.03. The molecule has 0 spiro atoms. The van der Waals surface area contributed by atoms with E-state index >= 15 is 0 Å². The van der Waals surface area contributed by atoms with Crippen LogP contribution in [0.2, 0.25) is 0 Å². The van der Waals surface area contributed by atoms with Crippen LogP contribution in [0.1, 0.15) is 80.6 Å². The molecule has 5 aromatic heterocycles. The quantitative estimate of drug-likeness (QED) is 0.129. The molecule has 2 amide bonds. The van der Waals surface area contributed by atoms with Crippen molar-refractivity contribution >= 4 is 23.7 Å². The molecule has 0 fully saturated rings. The van der Waals surface area contributed by atoms with Crippen LogP contribution < -0.4 is 10.6 Å². The number of aromatic nitrogens is 9. The summed E-state index contributed by atoms with van der Waals surface area (Å²) in [6.07, 6.45) is 13.1. The number of anilines is 2. The summed E-state index contributed by atoms with van der Waals surface area (Å²) in [5.41, 5.74) is 6.42. The molecule has 0 saturated carbocycles. The van der Waals surface area contributed by atoms with Gasteiger partial charge in [-0.15, -0.1) is 10.2 Å².